The molecule has 6 nitrogen and oxygen atoms in total. The van der Waals surface area contributed by atoms with Gasteiger partial charge in [-0.25, -0.2) is 4.79 Å². The van der Waals surface area contributed by atoms with E-state index in [-0.39, 0.29) is 5.91 Å². The summed E-state index contributed by atoms with van der Waals surface area (Å²) in [6, 6.07) is 4.34. The average molecular weight is 340 g/mol. The van der Waals surface area contributed by atoms with Gasteiger partial charge in [-0.2, -0.15) is 0 Å². The molecular weight excluding hydrogens is 318 g/mol. The Morgan fingerprint density at radius 1 is 1.39 bits per heavy atom. The summed E-state index contributed by atoms with van der Waals surface area (Å²) in [4.78, 5) is 26.1. The lowest BCUT2D eigenvalue weighted by atomic mass is 10.2. The molecule has 1 aromatic carbocycles. The number of carbonyl (C=O) groups excluding carboxylic acids is 2. The maximum atomic E-state index is 12.5. The smallest absolute Gasteiger partial charge is 0.410 e. The molecule has 126 valence electrons. The third-order valence-electron chi connectivity index (χ3n) is 3.45. The first-order chi connectivity index (χ1) is 10.7. The van der Waals surface area contributed by atoms with Crippen LogP contribution in [-0.2, 0) is 9.53 Å². The maximum absolute atomic E-state index is 12.5. The molecule has 0 aromatic heterocycles. The van der Waals surface area contributed by atoms with Crippen LogP contribution in [-0.4, -0.2) is 35.1 Å². The van der Waals surface area contributed by atoms with E-state index in [2.05, 4.69) is 5.32 Å². The van der Waals surface area contributed by atoms with Gasteiger partial charge in [0, 0.05) is 12.2 Å². The van der Waals surface area contributed by atoms with Crippen LogP contribution in [0.4, 0.5) is 16.2 Å². The second kappa shape index (κ2) is 6.66. The van der Waals surface area contributed by atoms with Crippen molar-refractivity contribution in [2.24, 2.45) is 0 Å². The molecule has 23 heavy (non-hydrogen) atoms. The number of hydrogen-bond donors (Lipinski definition) is 2. The summed E-state index contributed by atoms with van der Waals surface area (Å²) < 4.78 is 5.36. The molecule has 1 heterocycles. The molecule has 0 radical (unpaired) electrons. The maximum Gasteiger partial charge on any atom is 0.410 e. The predicted octanol–water partition coefficient (Wildman–Crippen LogP) is 3.26. The summed E-state index contributed by atoms with van der Waals surface area (Å²) in [5.74, 6) is -0.255. The van der Waals surface area contributed by atoms with Crippen molar-refractivity contribution >= 4 is 35.0 Å². The molecule has 3 N–H and O–H groups in total. The van der Waals surface area contributed by atoms with E-state index >= 15 is 0 Å². The molecule has 1 saturated heterocycles. The highest BCUT2D eigenvalue weighted by atomic mass is 35.5. The highest BCUT2D eigenvalue weighted by molar-refractivity contribution is 6.33. The number of nitrogens with one attached hydrogen (secondary N) is 1. The van der Waals surface area contributed by atoms with Crippen molar-refractivity contribution in [3.8, 4) is 0 Å². The first-order valence-corrected chi connectivity index (χ1v) is 7.91. The number of anilines is 2. The van der Waals surface area contributed by atoms with Crippen molar-refractivity contribution in [2.45, 2.75) is 45.3 Å². The monoisotopic (exact) mass is 339 g/mol. The SMILES string of the molecule is CC(C)(C)OC(=O)N1CCC[C@H]1C(=O)Nc1ccc(Cl)c(N)c1. The van der Waals surface area contributed by atoms with Crippen LogP contribution in [0.3, 0.4) is 0 Å². The largest absolute Gasteiger partial charge is 0.444 e. The number of halogens is 1. The van der Waals surface area contributed by atoms with Gasteiger partial charge in [-0.3, -0.25) is 9.69 Å². The minimum absolute atomic E-state index is 0.255. The lowest BCUT2D eigenvalue weighted by Crippen LogP contribution is -2.45. The van der Waals surface area contributed by atoms with Crippen LogP contribution in [0.2, 0.25) is 5.02 Å². The molecule has 0 spiro atoms. The van der Waals surface area contributed by atoms with Gasteiger partial charge in [-0.15, -0.1) is 0 Å². The molecule has 7 heteroatoms. The molecule has 1 aliphatic heterocycles. The number of nitrogen functional groups attached to an aromatic ring is 1. The van der Waals surface area contributed by atoms with Crippen molar-refractivity contribution in [3.05, 3.63) is 23.2 Å². The zero-order chi connectivity index (χ0) is 17.2. The van der Waals surface area contributed by atoms with Crippen LogP contribution in [0.5, 0.6) is 0 Å². The third-order valence-corrected chi connectivity index (χ3v) is 3.79. The van der Waals surface area contributed by atoms with Gasteiger partial charge in [-0.1, -0.05) is 11.6 Å². The second-order valence-corrected chi connectivity index (χ2v) is 6.96. The quantitative estimate of drug-likeness (QED) is 0.810. The van der Waals surface area contributed by atoms with Gasteiger partial charge in [-0.05, 0) is 51.8 Å². The number of rotatable bonds is 2. The third kappa shape index (κ3) is 4.51. The van der Waals surface area contributed by atoms with Crippen molar-refractivity contribution in [1.82, 2.24) is 4.90 Å². The molecule has 0 aliphatic carbocycles. The Kier molecular flexibility index (Phi) is 5.04. The molecule has 0 unspecified atom stereocenters. The van der Waals surface area contributed by atoms with Gasteiger partial charge in [0.1, 0.15) is 11.6 Å². The van der Waals surface area contributed by atoms with Gasteiger partial charge >= 0.3 is 6.09 Å². The second-order valence-electron chi connectivity index (χ2n) is 6.56. The number of amides is 2. The minimum Gasteiger partial charge on any atom is -0.444 e. The van der Waals surface area contributed by atoms with Crippen molar-refractivity contribution in [3.63, 3.8) is 0 Å². The van der Waals surface area contributed by atoms with E-state index in [9.17, 15) is 9.59 Å². The van der Waals surface area contributed by atoms with Crippen molar-refractivity contribution in [1.29, 1.82) is 0 Å². The molecule has 1 aromatic rings. The minimum atomic E-state index is -0.592. The Bertz CT molecular complexity index is 613. The summed E-state index contributed by atoms with van der Waals surface area (Å²) in [6.45, 7) is 5.90. The van der Waals surface area contributed by atoms with Gasteiger partial charge in [0.2, 0.25) is 5.91 Å². The van der Waals surface area contributed by atoms with Crippen LogP contribution in [0.1, 0.15) is 33.6 Å². The summed E-state index contributed by atoms with van der Waals surface area (Å²) in [6.07, 6.45) is 0.902. The van der Waals surface area contributed by atoms with Gasteiger partial charge in [0.25, 0.3) is 0 Å². The molecule has 2 rings (SSSR count). The fourth-order valence-electron chi connectivity index (χ4n) is 2.43. The van der Waals surface area contributed by atoms with E-state index in [1.54, 1.807) is 39.0 Å². The highest BCUT2D eigenvalue weighted by Crippen LogP contribution is 2.25. The van der Waals surface area contributed by atoms with Crippen LogP contribution >= 0.6 is 11.6 Å². The highest BCUT2D eigenvalue weighted by Gasteiger charge is 2.36. The number of ether oxygens (including phenoxy) is 1. The summed E-state index contributed by atoms with van der Waals surface area (Å²) in [7, 11) is 0. The molecule has 2 amide bonds. The van der Waals surface area contributed by atoms with Crippen LogP contribution in [0, 0.1) is 0 Å². The van der Waals surface area contributed by atoms with E-state index in [1.807, 2.05) is 0 Å². The fraction of sp³-hybridized carbons (Fsp3) is 0.500. The standard InChI is InChI=1S/C16H22ClN3O3/c1-16(2,3)23-15(22)20-8-4-5-13(20)14(21)19-10-6-7-11(17)12(18)9-10/h6-7,9,13H,4-5,8,18H2,1-3H3,(H,19,21)/t13-/m0/s1. The summed E-state index contributed by atoms with van der Waals surface area (Å²) in [5.41, 5.74) is 6.07. The summed E-state index contributed by atoms with van der Waals surface area (Å²) >= 11 is 5.86. The van der Waals surface area contributed by atoms with Crippen LogP contribution in [0.15, 0.2) is 18.2 Å². The predicted molar refractivity (Wildman–Crippen MR) is 90.5 cm³/mol. The molecule has 1 aliphatic rings. The van der Waals surface area contributed by atoms with E-state index < -0.39 is 17.7 Å². The summed E-state index contributed by atoms with van der Waals surface area (Å²) in [5, 5.41) is 3.20. The first-order valence-electron chi connectivity index (χ1n) is 7.53. The zero-order valence-electron chi connectivity index (χ0n) is 13.6. The van der Waals surface area contributed by atoms with Gasteiger partial charge < -0.3 is 15.8 Å². The Morgan fingerprint density at radius 2 is 2.09 bits per heavy atom. The topological polar surface area (TPSA) is 84.7 Å². The van der Waals surface area contributed by atoms with Gasteiger partial charge in [0.15, 0.2) is 0 Å². The Hall–Kier alpha value is -1.95. The van der Waals surface area contributed by atoms with Crippen molar-refractivity contribution < 1.29 is 14.3 Å². The number of likely N-dealkylation sites (tertiary alicyclic amines) is 1. The van der Waals surface area contributed by atoms with Crippen LogP contribution < -0.4 is 11.1 Å². The van der Waals surface area contributed by atoms with Crippen molar-refractivity contribution in [2.75, 3.05) is 17.6 Å². The average Bonchev–Trinajstić information content (AvgIpc) is 2.90. The Balaban J connectivity index is 2.05. The lowest BCUT2D eigenvalue weighted by molar-refractivity contribution is -0.120. The molecule has 1 atom stereocenters. The molecule has 1 fully saturated rings. The van der Waals surface area contributed by atoms with E-state index in [1.165, 1.54) is 4.90 Å². The number of nitrogens with zero attached hydrogens (tertiary/aromatic N) is 1. The molecular formula is C16H22ClN3O3. The first kappa shape index (κ1) is 17.4. The molecule has 0 saturated carbocycles. The zero-order valence-corrected chi connectivity index (χ0v) is 14.3. The van der Waals surface area contributed by atoms with Gasteiger partial charge in [0.05, 0.1) is 10.7 Å². The number of benzene rings is 1. The van der Waals surface area contributed by atoms with Crippen LogP contribution in [0.25, 0.3) is 0 Å². The Morgan fingerprint density at radius 3 is 2.70 bits per heavy atom. The normalized spacial score (nSPS) is 17.9. The van der Waals surface area contributed by atoms with E-state index in [0.717, 1.165) is 6.42 Å². The lowest BCUT2D eigenvalue weighted by Gasteiger charge is -2.28. The van der Waals surface area contributed by atoms with E-state index in [4.69, 9.17) is 22.1 Å². The Labute approximate surface area is 140 Å². The number of nitrogens with two attached hydrogens (primary N) is 1. The number of carbonyl (C=O) groups is 2. The fourth-order valence-corrected chi connectivity index (χ4v) is 2.54. The number of hydrogen-bond acceptors (Lipinski definition) is 4. The van der Waals surface area contributed by atoms with E-state index in [0.29, 0.717) is 29.4 Å². The molecule has 0 bridgehead atoms.